The standard InChI is InChI=1S/C20H15N3O3/c1-10-2-5-16-11(6-10)7-14(20(25)23-16)18-13-4-3-12(24)8-17(13)26-19(22)15(18)9-21/h2-8,18,24H,22H2,1H3,(H,23,25)/t18-/m1/s1. The van der Waals surface area contributed by atoms with Crippen LogP contribution in [-0.2, 0) is 0 Å². The Hall–Kier alpha value is -3.72. The van der Waals surface area contributed by atoms with E-state index in [0.717, 1.165) is 16.5 Å². The second-order valence-electron chi connectivity index (χ2n) is 6.29. The number of hydrogen-bond donors (Lipinski definition) is 3. The first-order valence-electron chi connectivity index (χ1n) is 8.02. The minimum atomic E-state index is -0.669. The van der Waals surface area contributed by atoms with Gasteiger partial charge in [-0.15, -0.1) is 0 Å². The Kier molecular flexibility index (Phi) is 3.44. The molecular formula is C20H15N3O3. The van der Waals surface area contributed by atoms with Gasteiger partial charge in [-0.05, 0) is 36.6 Å². The number of fused-ring (bicyclic) bond motifs is 2. The molecule has 1 aliphatic heterocycles. The number of aryl methyl sites for hydroxylation is 1. The predicted octanol–water partition coefficient (Wildman–Crippen LogP) is 2.76. The van der Waals surface area contributed by atoms with Crippen molar-refractivity contribution in [2.75, 3.05) is 0 Å². The molecular weight excluding hydrogens is 330 g/mol. The first-order chi connectivity index (χ1) is 12.5. The summed E-state index contributed by atoms with van der Waals surface area (Å²) < 4.78 is 5.48. The third-order valence-electron chi connectivity index (χ3n) is 4.54. The quantitative estimate of drug-likeness (QED) is 0.628. The van der Waals surface area contributed by atoms with Crippen LogP contribution in [0.4, 0.5) is 0 Å². The Bertz CT molecular complexity index is 1190. The molecule has 3 aromatic rings. The summed E-state index contributed by atoms with van der Waals surface area (Å²) >= 11 is 0. The Morgan fingerprint density at radius 2 is 2.00 bits per heavy atom. The highest BCUT2D eigenvalue weighted by molar-refractivity contribution is 5.80. The van der Waals surface area contributed by atoms with Gasteiger partial charge in [0.25, 0.3) is 5.56 Å². The van der Waals surface area contributed by atoms with Gasteiger partial charge in [0.05, 0.1) is 5.92 Å². The minimum Gasteiger partial charge on any atom is -0.508 e. The van der Waals surface area contributed by atoms with Crippen LogP contribution in [0.5, 0.6) is 11.5 Å². The SMILES string of the molecule is Cc1ccc2[nH]c(=O)c([C@@H]3C(C#N)=C(N)Oc4cc(O)ccc43)cc2c1. The van der Waals surface area contributed by atoms with E-state index in [1.807, 2.05) is 25.1 Å². The lowest BCUT2D eigenvalue weighted by Crippen LogP contribution is -2.25. The van der Waals surface area contributed by atoms with Gasteiger partial charge in [0.1, 0.15) is 23.1 Å². The smallest absolute Gasteiger partial charge is 0.252 e. The maximum Gasteiger partial charge on any atom is 0.252 e. The number of nitrogens with zero attached hydrogens (tertiary/aromatic N) is 1. The molecule has 0 fully saturated rings. The van der Waals surface area contributed by atoms with Gasteiger partial charge in [-0.25, -0.2) is 0 Å². The lowest BCUT2D eigenvalue weighted by atomic mass is 9.83. The summed E-state index contributed by atoms with van der Waals surface area (Å²) in [5.41, 5.74) is 8.56. The van der Waals surface area contributed by atoms with Crippen molar-refractivity contribution in [1.29, 1.82) is 5.26 Å². The molecule has 0 radical (unpaired) electrons. The molecule has 0 saturated heterocycles. The summed E-state index contributed by atoms with van der Waals surface area (Å²) in [4.78, 5) is 15.6. The van der Waals surface area contributed by atoms with E-state index in [4.69, 9.17) is 10.5 Å². The van der Waals surface area contributed by atoms with Gasteiger partial charge in [0, 0.05) is 22.7 Å². The second kappa shape index (κ2) is 5.67. The fraction of sp³-hybridized carbons (Fsp3) is 0.100. The number of rotatable bonds is 1. The van der Waals surface area contributed by atoms with E-state index >= 15 is 0 Å². The number of aromatic hydroxyl groups is 1. The lowest BCUT2D eigenvalue weighted by molar-refractivity contribution is 0.388. The van der Waals surface area contributed by atoms with E-state index < -0.39 is 5.92 Å². The Morgan fingerprint density at radius 3 is 2.77 bits per heavy atom. The fourth-order valence-electron chi connectivity index (χ4n) is 3.32. The first kappa shape index (κ1) is 15.8. The molecule has 2 heterocycles. The molecule has 0 spiro atoms. The van der Waals surface area contributed by atoms with Gasteiger partial charge in [-0.3, -0.25) is 4.79 Å². The molecule has 4 N–H and O–H groups in total. The molecule has 6 nitrogen and oxygen atoms in total. The number of nitriles is 1. The zero-order valence-corrected chi connectivity index (χ0v) is 13.9. The number of benzene rings is 2. The van der Waals surface area contributed by atoms with Crippen molar-refractivity contribution in [2.45, 2.75) is 12.8 Å². The van der Waals surface area contributed by atoms with Gasteiger partial charge in [-0.2, -0.15) is 5.26 Å². The molecule has 1 aromatic heterocycles. The number of H-pyrrole nitrogens is 1. The summed E-state index contributed by atoms with van der Waals surface area (Å²) in [6.45, 7) is 1.97. The van der Waals surface area contributed by atoms with Crippen LogP contribution in [0.15, 0.2) is 58.7 Å². The fourth-order valence-corrected chi connectivity index (χ4v) is 3.32. The number of allylic oxidation sites excluding steroid dienone is 1. The van der Waals surface area contributed by atoms with Gasteiger partial charge in [0.15, 0.2) is 0 Å². The number of ether oxygens (including phenoxy) is 1. The van der Waals surface area contributed by atoms with Gasteiger partial charge in [0.2, 0.25) is 5.88 Å². The van der Waals surface area contributed by atoms with Crippen LogP contribution in [0.3, 0.4) is 0 Å². The summed E-state index contributed by atoms with van der Waals surface area (Å²) in [5, 5.41) is 20.2. The molecule has 0 saturated carbocycles. The highest BCUT2D eigenvalue weighted by Gasteiger charge is 2.32. The van der Waals surface area contributed by atoms with Crippen molar-refractivity contribution in [3.8, 4) is 17.6 Å². The average molecular weight is 345 g/mol. The van der Waals surface area contributed by atoms with Crippen molar-refractivity contribution in [3.63, 3.8) is 0 Å². The van der Waals surface area contributed by atoms with E-state index in [-0.39, 0.29) is 22.8 Å². The van der Waals surface area contributed by atoms with Gasteiger partial charge in [-0.1, -0.05) is 17.7 Å². The van der Waals surface area contributed by atoms with Crippen LogP contribution in [0.25, 0.3) is 10.9 Å². The number of phenolic OH excluding ortho intramolecular Hbond substituents is 1. The van der Waals surface area contributed by atoms with Crippen molar-refractivity contribution in [3.05, 3.63) is 81.0 Å². The molecule has 1 aliphatic rings. The van der Waals surface area contributed by atoms with Crippen LogP contribution in [-0.4, -0.2) is 10.1 Å². The highest BCUT2D eigenvalue weighted by atomic mass is 16.5. The maximum absolute atomic E-state index is 12.7. The molecule has 128 valence electrons. The molecule has 0 aliphatic carbocycles. The van der Waals surface area contributed by atoms with E-state index in [0.29, 0.717) is 16.9 Å². The first-order valence-corrected chi connectivity index (χ1v) is 8.02. The number of hydrogen-bond acceptors (Lipinski definition) is 5. The minimum absolute atomic E-state index is 0.0127. The number of aromatic nitrogens is 1. The summed E-state index contributed by atoms with van der Waals surface area (Å²) in [5.74, 6) is -0.397. The summed E-state index contributed by atoms with van der Waals surface area (Å²) in [6, 6.07) is 14.1. The molecule has 0 bridgehead atoms. The molecule has 0 unspecified atom stereocenters. The second-order valence-corrected chi connectivity index (χ2v) is 6.29. The summed E-state index contributed by atoms with van der Waals surface area (Å²) in [7, 11) is 0. The number of pyridine rings is 1. The van der Waals surface area contributed by atoms with E-state index in [2.05, 4.69) is 11.1 Å². The Morgan fingerprint density at radius 1 is 1.19 bits per heavy atom. The number of nitrogens with one attached hydrogen (secondary N) is 1. The van der Waals surface area contributed by atoms with Crippen molar-refractivity contribution < 1.29 is 9.84 Å². The van der Waals surface area contributed by atoms with Crippen molar-refractivity contribution in [1.82, 2.24) is 4.98 Å². The van der Waals surface area contributed by atoms with Crippen LogP contribution < -0.4 is 16.0 Å². The highest BCUT2D eigenvalue weighted by Crippen LogP contribution is 2.42. The molecule has 6 heteroatoms. The largest absolute Gasteiger partial charge is 0.508 e. The molecule has 26 heavy (non-hydrogen) atoms. The number of nitrogens with two attached hydrogens (primary N) is 1. The van der Waals surface area contributed by atoms with Crippen LogP contribution in [0.1, 0.15) is 22.6 Å². The molecule has 4 rings (SSSR count). The third-order valence-corrected chi connectivity index (χ3v) is 4.54. The lowest BCUT2D eigenvalue weighted by Gasteiger charge is -2.26. The Balaban J connectivity index is 2.02. The molecule has 1 atom stereocenters. The Labute approximate surface area is 148 Å². The average Bonchev–Trinajstić information content (AvgIpc) is 2.60. The summed E-state index contributed by atoms with van der Waals surface area (Å²) in [6.07, 6.45) is 0. The van der Waals surface area contributed by atoms with Gasteiger partial charge >= 0.3 is 0 Å². The van der Waals surface area contributed by atoms with Crippen LogP contribution in [0.2, 0.25) is 0 Å². The van der Waals surface area contributed by atoms with E-state index in [1.165, 1.54) is 12.1 Å². The van der Waals surface area contributed by atoms with E-state index in [1.54, 1.807) is 12.1 Å². The number of aromatic amines is 1. The third kappa shape index (κ3) is 2.38. The van der Waals surface area contributed by atoms with Crippen LogP contribution in [0, 0.1) is 18.3 Å². The predicted molar refractivity (Wildman–Crippen MR) is 96.7 cm³/mol. The van der Waals surface area contributed by atoms with Crippen molar-refractivity contribution >= 4 is 10.9 Å². The van der Waals surface area contributed by atoms with E-state index in [9.17, 15) is 15.2 Å². The molecule has 2 aromatic carbocycles. The van der Waals surface area contributed by atoms with Crippen LogP contribution >= 0.6 is 0 Å². The monoisotopic (exact) mass is 345 g/mol. The topological polar surface area (TPSA) is 112 Å². The van der Waals surface area contributed by atoms with Gasteiger partial charge < -0.3 is 20.6 Å². The normalized spacial score (nSPS) is 16.1. The van der Waals surface area contributed by atoms with Crippen molar-refractivity contribution in [2.24, 2.45) is 5.73 Å². The molecule has 0 amide bonds. The maximum atomic E-state index is 12.7. The number of phenols is 1. The zero-order chi connectivity index (χ0) is 18.4. The zero-order valence-electron chi connectivity index (χ0n) is 13.9.